The highest BCUT2D eigenvalue weighted by molar-refractivity contribution is 7.89. The highest BCUT2D eigenvalue weighted by atomic mass is 32.2. The number of nitrogens with two attached hydrogens (primary N) is 1. The number of piperidine rings is 1. The van der Waals surface area contributed by atoms with Gasteiger partial charge in [0.1, 0.15) is 0 Å². The van der Waals surface area contributed by atoms with Gasteiger partial charge in [-0.2, -0.15) is 0 Å². The van der Waals surface area contributed by atoms with Crippen LogP contribution in [-0.2, 0) is 21.0 Å². The summed E-state index contributed by atoms with van der Waals surface area (Å²) in [5.41, 5.74) is 8.65. The second kappa shape index (κ2) is 5.95. The first-order valence-corrected chi connectivity index (χ1v) is 9.57. The topological polar surface area (TPSA) is 63.4 Å². The molecule has 0 bridgehead atoms. The molecule has 1 aromatic rings. The van der Waals surface area contributed by atoms with E-state index in [1.54, 1.807) is 11.2 Å². The van der Waals surface area contributed by atoms with Crippen molar-refractivity contribution in [3.05, 3.63) is 35.4 Å². The first kappa shape index (κ1) is 17.4. The fraction of sp³-hybridized carbons (Fsp3) is 0.647. The van der Waals surface area contributed by atoms with E-state index in [2.05, 4.69) is 45.0 Å². The number of rotatable bonds is 3. The Morgan fingerprint density at radius 2 is 1.82 bits per heavy atom. The van der Waals surface area contributed by atoms with E-state index in [4.69, 9.17) is 5.73 Å². The standard InChI is InChI=1S/C17H28N2O2S/c1-5-22(20,21)19-11-9-17(18,10-12-19)15-8-6-7-14(13-15)16(2,3)4/h6-8,13H,5,9-12,18H2,1-4H3. The Morgan fingerprint density at radius 3 is 2.32 bits per heavy atom. The number of hydrogen-bond acceptors (Lipinski definition) is 3. The van der Waals surface area contributed by atoms with E-state index in [-0.39, 0.29) is 11.2 Å². The van der Waals surface area contributed by atoms with Crippen molar-refractivity contribution in [2.45, 2.75) is 51.5 Å². The van der Waals surface area contributed by atoms with Crippen LogP contribution < -0.4 is 5.73 Å². The Hall–Kier alpha value is -0.910. The van der Waals surface area contributed by atoms with Gasteiger partial charge in [0, 0.05) is 18.6 Å². The van der Waals surface area contributed by atoms with Gasteiger partial charge < -0.3 is 5.73 Å². The molecule has 0 unspecified atom stereocenters. The lowest BCUT2D eigenvalue weighted by Gasteiger charge is -2.39. The molecule has 1 aromatic carbocycles. The van der Waals surface area contributed by atoms with Gasteiger partial charge in [0.05, 0.1) is 5.75 Å². The average molecular weight is 324 g/mol. The van der Waals surface area contributed by atoms with Crippen LogP contribution in [0, 0.1) is 0 Å². The summed E-state index contributed by atoms with van der Waals surface area (Å²) >= 11 is 0. The second-order valence-corrected chi connectivity index (χ2v) is 9.54. The summed E-state index contributed by atoms with van der Waals surface area (Å²) in [5.74, 6) is 0.157. The molecule has 22 heavy (non-hydrogen) atoms. The third kappa shape index (κ3) is 3.53. The molecule has 1 heterocycles. The molecule has 0 atom stereocenters. The maximum Gasteiger partial charge on any atom is 0.213 e. The van der Waals surface area contributed by atoms with E-state index < -0.39 is 15.6 Å². The van der Waals surface area contributed by atoms with Crippen molar-refractivity contribution >= 4 is 10.0 Å². The Labute approximate surface area is 134 Å². The molecule has 0 amide bonds. The molecule has 0 radical (unpaired) electrons. The lowest BCUT2D eigenvalue weighted by molar-refractivity contribution is 0.238. The molecule has 2 rings (SSSR count). The van der Waals surface area contributed by atoms with Crippen LogP contribution in [0.15, 0.2) is 24.3 Å². The second-order valence-electron chi connectivity index (χ2n) is 7.29. The van der Waals surface area contributed by atoms with Crippen LogP contribution in [-0.4, -0.2) is 31.6 Å². The van der Waals surface area contributed by atoms with Crippen molar-refractivity contribution in [3.8, 4) is 0 Å². The Kier molecular flexibility index (Phi) is 4.71. The average Bonchev–Trinajstić information content (AvgIpc) is 2.47. The highest BCUT2D eigenvalue weighted by Crippen LogP contribution is 2.33. The summed E-state index contributed by atoms with van der Waals surface area (Å²) in [6, 6.07) is 8.44. The van der Waals surface area contributed by atoms with Crippen molar-refractivity contribution in [1.29, 1.82) is 0 Å². The first-order valence-electron chi connectivity index (χ1n) is 7.96. The monoisotopic (exact) mass is 324 g/mol. The van der Waals surface area contributed by atoms with Gasteiger partial charge in [-0.05, 0) is 36.3 Å². The zero-order valence-electron chi connectivity index (χ0n) is 14.1. The Balaban J connectivity index is 2.21. The zero-order chi connectivity index (χ0) is 16.6. The van der Waals surface area contributed by atoms with Crippen molar-refractivity contribution < 1.29 is 8.42 Å². The molecule has 0 saturated carbocycles. The number of hydrogen-bond donors (Lipinski definition) is 1. The predicted octanol–water partition coefficient (Wildman–Crippen LogP) is 2.58. The minimum absolute atomic E-state index is 0.0820. The maximum atomic E-state index is 12.0. The lowest BCUT2D eigenvalue weighted by atomic mass is 9.79. The van der Waals surface area contributed by atoms with Gasteiger partial charge in [0.15, 0.2) is 0 Å². The molecule has 0 aromatic heterocycles. The molecule has 124 valence electrons. The van der Waals surface area contributed by atoms with Gasteiger partial charge in [-0.15, -0.1) is 0 Å². The van der Waals surface area contributed by atoms with Crippen molar-refractivity contribution in [1.82, 2.24) is 4.31 Å². The van der Waals surface area contributed by atoms with Gasteiger partial charge in [-0.3, -0.25) is 0 Å². The molecule has 1 fully saturated rings. The maximum absolute atomic E-state index is 12.0. The summed E-state index contributed by atoms with van der Waals surface area (Å²) in [5, 5.41) is 0. The SMILES string of the molecule is CCS(=O)(=O)N1CCC(N)(c2cccc(C(C)(C)C)c2)CC1. The van der Waals surface area contributed by atoms with E-state index in [0.29, 0.717) is 25.9 Å². The predicted molar refractivity (Wildman–Crippen MR) is 91.3 cm³/mol. The van der Waals surface area contributed by atoms with E-state index in [0.717, 1.165) is 5.56 Å². The summed E-state index contributed by atoms with van der Waals surface area (Å²) in [7, 11) is -3.11. The molecular formula is C17H28N2O2S. The Bertz CT molecular complexity index is 624. The van der Waals surface area contributed by atoms with Crippen LogP contribution >= 0.6 is 0 Å². The molecule has 1 aliphatic rings. The number of benzene rings is 1. The zero-order valence-corrected chi connectivity index (χ0v) is 14.9. The minimum atomic E-state index is -3.11. The van der Waals surface area contributed by atoms with Crippen molar-refractivity contribution in [3.63, 3.8) is 0 Å². The van der Waals surface area contributed by atoms with Crippen LogP contribution in [0.5, 0.6) is 0 Å². The molecule has 4 nitrogen and oxygen atoms in total. The van der Waals surface area contributed by atoms with Crippen LogP contribution in [0.25, 0.3) is 0 Å². The third-order valence-electron chi connectivity index (χ3n) is 4.68. The van der Waals surface area contributed by atoms with Crippen molar-refractivity contribution in [2.24, 2.45) is 5.73 Å². The van der Waals surface area contributed by atoms with E-state index in [9.17, 15) is 8.42 Å². The quantitative estimate of drug-likeness (QED) is 0.929. The number of nitrogens with zero attached hydrogens (tertiary/aromatic N) is 1. The molecule has 2 N–H and O–H groups in total. The fourth-order valence-corrected chi connectivity index (χ4v) is 4.03. The first-order chi connectivity index (χ1) is 10.1. The molecular weight excluding hydrogens is 296 g/mol. The third-order valence-corrected chi connectivity index (χ3v) is 6.56. The Morgan fingerprint density at radius 1 is 1.23 bits per heavy atom. The summed E-state index contributed by atoms with van der Waals surface area (Å²) in [6.07, 6.45) is 1.33. The normalized spacial score (nSPS) is 20.0. The van der Waals surface area contributed by atoms with Crippen LogP contribution in [0.4, 0.5) is 0 Å². The van der Waals surface area contributed by atoms with Crippen molar-refractivity contribution in [2.75, 3.05) is 18.8 Å². The smallest absolute Gasteiger partial charge is 0.213 e. The van der Waals surface area contributed by atoms with Gasteiger partial charge in [0.25, 0.3) is 0 Å². The molecule has 5 heteroatoms. The summed E-state index contributed by atoms with van der Waals surface area (Å²) in [6.45, 7) is 9.26. The van der Waals surface area contributed by atoms with E-state index >= 15 is 0 Å². The van der Waals surface area contributed by atoms with Gasteiger partial charge >= 0.3 is 0 Å². The number of sulfonamides is 1. The van der Waals surface area contributed by atoms with Crippen LogP contribution in [0.1, 0.15) is 51.7 Å². The molecule has 0 aliphatic carbocycles. The molecule has 0 spiro atoms. The van der Waals surface area contributed by atoms with Gasteiger partial charge in [0.2, 0.25) is 10.0 Å². The van der Waals surface area contributed by atoms with Gasteiger partial charge in [-0.1, -0.05) is 45.0 Å². The summed E-state index contributed by atoms with van der Waals surface area (Å²) < 4.78 is 25.5. The fourth-order valence-electron chi connectivity index (χ4n) is 2.93. The van der Waals surface area contributed by atoms with Gasteiger partial charge in [-0.25, -0.2) is 12.7 Å². The minimum Gasteiger partial charge on any atom is -0.321 e. The highest BCUT2D eigenvalue weighted by Gasteiger charge is 2.36. The van der Waals surface area contributed by atoms with Crippen LogP contribution in [0.3, 0.4) is 0 Å². The largest absolute Gasteiger partial charge is 0.321 e. The summed E-state index contributed by atoms with van der Waals surface area (Å²) in [4.78, 5) is 0. The van der Waals surface area contributed by atoms with E-state index in [1.165, 1.54) is 5.56 Å². The van der Waals surface area contributed by atoms with E-state index in [1.807, 2.05) is 0 Å². The molecule has 1 aliphatic heterocycles. The molecule has 1 saturated heterocycles. The lowest BCUT2D eigenvalue weighted by Crippen LogP contribution is -2.50. The van der Waals surface area contributed by atoms with Crippen LogP contribution in [0.2, 0.25) is 0 Å².